The van der Waals surface area contributed by atoms with Crippen LogP contribution in [0.4, 0.5) is 15.9 Å². The van der Waals surface area contributed by atoms with Crippen LogP contribution in [0.15, 0.2) is 36.4 Å². The standard InChI is InChI=1S/C26H24FN5O/c1-17-29-30-26-28-25(24-21(27)7-3-9-23(24)32(17)26)31-14-4-6-20-19(5-2-8-22(20)31)11-10-18-12-15-33-16-13-18/h2-3,5,7-9,18H,4,6,12-16H2,1H3. The zero-order chi connectivity index (χ0) is 22.4. The summed E-state index contributed by atoms with van der Waals surface area (Å²) < 4.78 is 22.5. The normalized spacial score (nSPS) is 16.6. The van der Waals surface area contributed by atoms with Crippen molar-refractivity contribution in [3.8, 4) is 11.8 Å². The summed E-state index contributed by atoms with van der Waals surface area (Å²) in [6, 6.07) is 11.3. The highest BCUT2D eigenvalue weighted by molar-refractivity contribution is 5.94. The number of ether oxygens (including phenoxy) is 1. The highest BCUT2D eigenvalue weighted by Crippen LogP contribution is 2.38. The van der Waals surface area contributed by atoms with Gasteiger partial charge in [0.05, 0.1) is 10.9 Å². The monoisotopic (exact) mass is 441 g/mol. The van der Waals surface area contributed by atoms with Crippen LogP contribution < -0.4 is 4.90 Å². The number of anilines is 2. The molecule has 2 aliphatic rings. The van der Waals surface area contributed by atoms with E-state index in [2.05, 4.69) is 39.1 Å². The van der Waals surface area contributed by atoms with Gasteiger partial charge in [0, 0.05) is 36.9 Å². The molecule has 2 aromatic heterocycles. The van der Waals surface area contributed by atoms with Crippen LogP contribution in [0.2, 0.25) is 0 Å². The highest BCUT2D eigenvalue weighted by atomic mass is 19.1. The van der Waals surface area contributed by atoms with Crippen LogP contribution in [0.3, 0.4) is 0 Å². The summed E-state index contributed by atoms with van der Waals surface area (Å²) in [5, 5.41) is 8.89. The Balaban J connectivity index is 1.50. The summed E-state index contributed by atoms with van der Waals surface area (Å²) in [5.41, 5.74) is 4.01. The SMILES string of the molecule is Cc1nnc2nc(N3CCCc4c(C#CC5CCOCC5)cccc43)c3c(F)cccc3n12. The first-order chi connectivity index (χ1) is 16.2. The lowest BCUT2D eigenvalue weighted by molar-refractivity contribution is 0.0807. The Morgan fingerprint density at radius 2 is 1.94 bits per heavy atom. The molecule has 7 heteroatoms. The molecule has 1 saturated heterocycles. The van der Waals surface area contributed by atoms with Gasteiger partial charge in [-0.25, -0.2) is 4.39 Å². The number of aryl methyl sites for hydroxylation is 1. The maximum atomic E-state index is 15.2. The van der Waals surface area contributed by atoms with Gasteiger partial charge >= 0.3 is 0 Å². The fraction of sp³-hybridized carbons (Fsp3) is 0.346. The molecule has 2 aromatic carbocycles. The summed E-state index contributed by atoms with van der Waals surface area (Å²) in [7, 11) is 0. The van der Waals surface area contributed by atoms with Crippen LogP contribution in [-0.4, -0.2) is 39.3 Å². The Labute approximate surface area is 191 Å². The number of hydrogen-bond acceptors (Lipinski definition) is 5. The molecule has 0 N–H and O–H groups in total. The lowest BCUT2D eigenvalue weighted by Gasteiger charge is -2.32. The summed E-state index contributed by atoms with van der Waals surface area (Å²) in [4.78, 5) is 6.90. The number of fused-ring (bicyclic) bond motifs is 4. The molecule has 4 heterocycles. The average molecular weight is 442 g/mol. The number of aromatic nitrogens is 4. The minimum atomic E-state index is -0.299. The largest absolute Gasteiger partial charge is 0.381 e. The first-order valence-corrected chi connectivity index (χ1v) is 11.5. The minimum Gasteiger partial charge on any atom is -0.381 e. The van der Waals surface area contributed by atoms with Crippen molar-refractivity contribution in [3.63, 3.8) is 0 Å². The third-order valence-corrected chi connectivity index (χ3v) is 6.61. The molecule has 0 atom stereocenters. The number of benzene rings is 2. The lowest BCUT2D eigenvalue weighted by atomic mass is 9.94. The second-order valence-electron chi connectivity index (χ2n) is 8.67. The second kappa shape index (κ2) is 8.13. The van der Waals surface area contributed by atoms with Gasteiger partial charge in [-0.2, -0.15) is 4.98 Å². The van der Waals surface area contributed by atoms with Crippen LogP contribution in [0, 0.1) is 30.5 Å². The Morgan fingerprint density at radius 1 is 1.09 bits per heavy atom. The predicted molar refractivity (Wildman–Crippen MR) is 125 cm³/mol. The van der Waals surface area contributed by atoms with Crippen molar-refractivity contribution in [1.29, 1.82) is 0 Å². The van der Waals surface area contributed by atoms with E-state index in [1.165, 1.54) is 11.6 Å². The van der Waals surface area contributed by atoms with Crippen LogP contribution in [-0.2, 0) is 11.2 Å². The molecular weight excluding hydrogens is 417 g/mol. The topological polar surface area (TPSA) is 55.5 Å². The van der Waals surface area contributed by atoms with Crippen molar-refractivity contribution in [2.75, 3.05) is 24.7 Å². The van der Waals surface area contributed by atoms with Gasteiger partial charge in [0.1, 0.15) is 17.5 Å². The van der Waals surface area contributed by atoms with Crippen molar-refractivity contribution in [2.45, 2.75) is 32.6 Å². The predicted octanol–water partition coefficient (Wildman–Crippen LogP) is 4.59. The van der Waals surface area contributed by atoms with E-state index in [0.717, 1.165) is 62.2 Å². The van der Waals surface area contributed by atoms with E-state index in [9.17, 15) is 0 Å². The van der Waals surface area contributed by atoms with Gasteiger partial charge in [-0.3, -0.25) is 4.40 Å². The minimum absolute atomic E-state index is 0.299. The van der Waals surface area contributed by atoms with Gasteiger partial charge in [-0.05, 0) is 62.4 Å². The molecule has 166 valence electrons. The zero-order valence-corrected chi connectivity index (χ0v) is 18.5. The van der Waals surface area contributed by atoms with Gasteiger partial charge in [0.15, 0.2) is 0 Å². The highest BCUT2D eigenvalue weighted by Gasteiger charge is 2.26. The molecule has 6 nitrogen and oxygen atoms in total. The van der Waals surface area contributed by atoms with Gasteiger partial charge < -0.3 is 9.64 Å². The van der Waals surface area contributed by atoms with Crippen LogP contribution in [0.25, 0.3) is 16.7 Å². The molecule has 4 aromatic rings. The Morgan fingerprint density at radius 3 is 2.82 bits per heavy atom. The maximum Gasteiger partial charge on any atom is 0.257 e. The maximum absolute atomic E-state index is 15.2. The van der Waals surface area contributed by atoms with E-state index in [0.29, 0.717) is 28.7 Å². The third kappa shape index (κ3) is 3.42. The fourth-order valence-corrected chi connectivity index (χ4v) is 4.96. The van der Waals surface area contributed by atoms with Crippen LogP contribution in [0.5, 0.6) is 0 Å². The average Bonchev–Trinajstić information content (AvgIpc) is 3.23. The van der Waals surface area contributed by atoms with Crippen molar-refractivity contribution in [3.05, 3.63) is 59.2 Å². The Bertz CT molecular complexity index is 1430. The molecule has 0 unspecified atom stereocenters. The summed E-state index contributed by atoms with van der Waals surface area (Å²) >= 11 is 0. The molecule has 0 bridgehead atoms. The van der Waals surface area contributed by atoms with E-state index in [1.54, 1.807) is 6.07 Å². The zero-order valence-electron chi connectivity index (χ0n) is 18.5. The van der Waals surface area contributed by atoms with Crippen LogP contribution in [0.1, 0.15) is 36.2 Å². The molecule has 0 spiro atoms. The molecule has 0 aliphatic carbocycles. The summed E-state index contributed by atoms with van der Waals surface area (Å²) in [6.45, 7) is 4.18. The molecule has 1 fully saturated rings. The molecule has 2 aliphatic heterocycles. The third-order valence-electron chi connectivity index (χ3n) is 6.61. The smallest absolute Gasteiger partial charge is 0.257 e. The number of rotatable bonds is 1. The molecule has 0 radical (unpaired) electrons. The van der Waals surface area contributed by atoms with E-state index in [-0.39, 0.29) is 5.82 Å². The number of hydrogen-bond donors (Lipinski definition) is 0. The molecule has 0 saturated carbocycles. The molecule has 0 amide bonds. The van der Waals surface area contributed by atoms with Gasteiger partial charge in [0.25, 0.3) is 5.78 Å². The van der Waals surface area contributed by atoms with Crippen LogP contribution >= 0.6 is 0 Å². The first kappa shape index (κ1) is 20.1. The van der Waals surface area contributed by atoms with Crippen molar-refractivity contribution >= 4 is 28.2 Å². The quantitative estimate of drug-likeness (QED) is 0.405. The van der Waals surface area contributed by atoms with Crippen molar-refractivity contribution < 1.29 is 9.13 Å². The molecule has 33 heavy (non-hydrogen) atoms. The Kier molecular flexibility index (Phi) is 4.96. The van der Waals surface area contributed by atoms with Crippen molar-refractivity contribution in [2.24, 2.45) is 5.92 Å². The van der Waals surface area contributed by atoms with E-state index in [1.807, 2.05) is 23.5 Å². The number of halogens is 1. The lowest BCUT2D eigenvalue weighted by Crippen LogP contribution is -2.26. The van der Waals surface area contributed by atoms with E-state index >= 15 is 4.39 Å². The van der Waals surface area contributed by atoms with E-state index in [4.69, 9.17) is 9.72 Å². The summed E-state index contributed by atoms with van der Waals surface area (Å²) in [5.74, 6) is 8.73. The molecular formula is C26H24FN5O. The van der Waals surface area contributed by atoms with E-state index < -0.39 is 0 Å². The van der Waals surface area contributed by atoms with Gasteiger partial charge in [-0.15, -0.1) is 10.2 Å². The second-order valence-corrected chi connectivity index (χ2v) is 8.67. The van der Waals surface area contributed by atoms with Gasteiger partial charge in [0.2, 0.25) is 0 Å². The first-order valence-electron chi connectivity index (χ1n) is 11.5. The summed E-state index contributed by atoms with van der Waals surface area (Å²) in [6.07, 6.45) is 3.86. The number of nitrogens with zero attached hydrogens (tertiary/aromatic N) is 5. The fourth-order valence-electron chi connectivity index (χ4n) is 4.96. The van der Waals surface area contributed by atoms with Gasteiger partial charge in [-0.1, -0.05) is 24.0 Å². The van der Waals surface area contributed by atoms with Crippen molar-refractivity contribution in [1.82, 2.24) is 19.6 Å². The molecule has 6 rings (SSSR count). The Hall–Kier alpha value is -3.50.